The number of fused-ring (bicyclic) bond motifs is 1. The van der Waals surface area contributed by atoms with Crippen LogP contribution < -0.4 is 10.2 Å². The second-order valence-electron chi connectivity index (χ2n) is 5.24. The summed E-state index contributed by atoms with van der Waals surface area (Å²) in [6.45, 7) is 2.41. The van der Waals surface area contributed by atoms with Crippen LogP contribution in [0.5, 0.6) is 0 Å². The molecule has 0 amide bonds. The van der Waals surface area contributed by atoms with Gasteiger partial charge in [0.2, 0.25) is 0 Å². The molecule has 1 N–H and O–H groups in total. The minimum Gasteiger partial charge on any atom is -0.383 e. The van der Waals surface area contributed by atoms with Crippen molar-refractivity contribution in [3.8, 4) is 0 Å². The molecule has 5 nitrogen and oxygen atoms in total. The van der Waals surface area contributed by atoms with Gasteiger partial charge in [-0.05, 0) is 12.2 Å². The van der Waals surface area contributed by atoms with E-state index >= 15 is 0 Å². The second kappa shape index (κ2) is 7.00. The van der Waals surface area contributed by atoms with Crippen molar-refractivity contribution in [1.82, 2.24) is 14.7 Å². The number of methoxy groups -OCH3 is 1. The average Bonchev–Trinajstić information content (AvgIpc) is 3.20. The number of aromatic nitrogens is 2. The van der Waals surface area contributed by atoms with Crippen LogP contribution in [0.4, 0.5) is 5.82 Å². The third-order valence-corrected chi connectivity index (χ3v) is 5.80. The predicted molar refractivity (Wildman–Crippen MR) is 90.8 cm³/mol. The fraction of sp³-hybridized carbons (Fsp3) is 0.643. The average molecular weight is 326 g/mol. The van der Waals surface area contributed by atoms with E-state index in [1.165, 1.54) is 23.6 Å². The van der Waals surface area contributed by atoms with Crippen LogP contribution in [-0.4, -0.2) is 54.2 Å². The van der Waals surface area contributed by atoms with E-state index in [4.69, 9.17) is 9.72 Å². The van der Waals surface area contributed by atoms with Gasteiger partial charge >= 0.3 is 0 Å². The first-order valence-electron chi connectivity index (χ1n) is 7.26. The number of rotatable bonds is 7. The summed E-state index contributed by atoms with van der Waals surface area (Å²) in [5.74, 6) is 3.59. The van der Waals surface area contributed by atoms with Gasteiger partial charge in [-0.3, -0.25) is 4.40 Å². The fourth-order valence-corrected chi connectivity index (χ4v) is 4.65. The Balaban J connectivity index is 1.80. The third kappa shape index (κ3) is 3.21. The van der Waals surface area contributed by atoms with Crippen LogP contribution in [0, 0.1) is 0 Å². The first-order chi connectivity index (χ1) is 10.3. The first kappa shape index (κ1) is 15.1. The number of thioether (sulfide) groups is 1. The van der Waals surface area contributed by atoms with Gasteiger partial charge in [0.15, 0.2) is 10.8 Å². The van der Waals surface area contributed by atoms with Gasteiger partial charge in [0.25, 0.3) is 0 Å². The van der Waals surface area contributed by atoms with Gasteiger partial charge in [-0.25, -0.2) is 4.98 Å². The lowest BCUT2D eigenvalue weighted by Gasteiger charge is -2.25. The molecular weight excluding hydrogens is 304 g/mol. The van der Waals surface area contributed by atoms with E-state index in [2.05, 4.69) is 33.2 Å². The van der Waals surface area contributed by atoms with Gasteiger partial charge in [0.1, 0.15) is 0 Å². The van der Waals surface area contributed by atoms with Crippen LogP contribution in [0.15, 0.2) is 11.6 Å². The Labute approximate surface area is 133 Å². The number of imidazole rings is 1. The van der Waals surface area contributed by atoms with Crippen LogP contribution in [0.2, 0.25) is 0 Å². The summed E-state index contributed by atoms with van der Waals surface area (Å²) in [4.78, 5) is 8.29. The molecule has 2 aromatic rings. The largest absolute Gasteiger partial charge is 0.383 e. The molecule has 21 heavy (non-hydrogen) atoms. The highest BCUT2D eigenvalue weighted by molar-refractivity contribution is 7.99. The van der Waals surface area contributed by atoms with Crippen molar-refractivity contribution in [1.29, 1.82) is 0 Å². The summed E-state index contributed by atoms with van der Waals surface area (Å²) < 4.78 is 7.30. The summed E-state index contributed by atoms with van der Waals surface area (Å²) in [6, 6.07) is 0.609. The molecule has 1 unspecified atom stereocenters. The summed E-state index contributed by atoms with van der Waals surface area (Å²) in [7, 11) is 3.91. The van der Waals surface area contributed by atoms with Gasteiger partial charge in [-0.15, -0.1) is 11.3 Å². The van der Waals surface area contributed by atoms with Crippen molar-refractivity contribution in [3.05, 3.63) is 17.3 Å². The standard InChI is InChI=1S/C14H22N4OS2/c1-17(11-3-7-20-10-11)13-12(9-15-4-6-19-2)18-5-8-21-14(18)16-13/h5,8,11,15H,3-4,6-7,9-10H2,1-2H3. The Morgan fingerprint density at radius 3 is 3.24 bits per heavy atom. The number of hydrogen-bond acceptors (Lipinski definition) is 6. The van der Waals surface area contributed by atoms with E-state index in [0.717, 1.165) is 30.5 Å². The molecule has 2 aromatic heterocycles. The molecule has 3 heterocycles. The third-order valence-electron chi connectivity index (χ3n) is 3.90. The first-order valence-corrected chi connectivity index (χ1v) is 9.29. The number of thiazole rings is 1. The summed E-state index contributed by atoms with van der Waals surface area (Å²) in [6.07, 6.45) is 3.37. The molecule has 7 heteroatoms. The number of hydrogen-bond donors (Lipinski definition) is 1. The predicted octanol–water partition coefficient (Wildman–Crippen LogP) is 2.07. The second-order valence-corrected chi connectivity index (χ2v) is 7.26. The maximum Gasteiger partial charge on any atom is 0.195 e. The van der Waals surface area contributed by atoms with E-state index in [0.29, 0.717) is 6.04 Å². The Morgan fingerprint density at radius 1 is 1.57 bits per heavy atom. The molecule has 0 bridgehead atoms. The molecule has 1 aliphatic heterocycles. The van der Waals surface area contributed by atoms with Gasteiger partial charge < -0.3 is 15.0 Å². The summed E-state index contributed by atoms with van der Waals surface area (Å²) in [5, 5.41) is 5.54. The minimum absolute atomic E-state index is 0.609. The summed E-state index contributed by atoms with van der Waals surface area (Å²) >= 11 is 3.73. The van der Waals surface area contributed by atoms with Gasteiger partial charge in [-0.1, -0.05) is 0 Å². The van der Waals surface area contributed by atoms with Crippen molar-refractivity contribution in [2.75, 3.05) is 43.7 Å². The van der Waals surface area contributed by atoms with Crippen molar-refractivity contribution < 1.29 is 4.74 Å². The van der Waals surface area contributed by atoms with Crippen LogP contribution in [0.3, 0.4) is 0 Å². The highest BCUT2D eigenvalue weighted by atomic mass is 32.2. The maximum atomic E-state index is 5.10. The Bertz CT molecular complexity index is 577. The lowest BCUT2D eigenvalue weighted by atomic mass is 10.2. The highest BCUT2D eigenvalue weighted by Crippen LogP contribution is 2.29. The number of nitrogens with one attached hydrogen (secondary N) is 1. The van der Waals surface area contributed by atoms with Crippen LogP contribution in [0.25, 0.3) is 4.96 Å². The van der Waals surface area contributed by atoms with Gasteiger partial charge in [-0.2, -0.15) is 11.8 Å². The van der Waals surface area contributed by atoms with E-state index in [1.807, 2.05) is 11.8 Å². The van der Waals surface area contributed by atoms with E-state index in [9.17, 15) is 0 Å². The molecular formula is C14H22N4OS2. The normalized spacial score (nSPS) is 18.7. The topological polar surface area (TPSA) is 41.8 Å². The Kier molecular flexibility index (Phi) is 5.05. The van der Waals surface area contributed by atoms with Crippen molar-refractivity contribution in [2.45, 2.75) is 19.0 Å². The molecule has 1 saturated heterocycles. The van der Waals surface area contributed by atoms with Crippen molar-refractivity contribution in [3.63, 3.8) is 0 Å². The number of nitrogens with zero attached hydrogens (tertiary/aromatic N) is 3. The molecule has 0 aliphatic carbocycles. The van der Waals surface area contributed by atoms with Gasteiger partial charge in [0.05, 0.1) is 12.3 Å². The van der Waals surface area contributed by atoms with E-state index < -0.39 is 0 Å². The van der Waals surface area contributed by atoms with Crippen LogP contribution >= 0.6 is 23.1 Å². The molecule has 1 atom stereocenters. The number of ether oxygens (including phenoxy) is 1. The lowest BCUT2D eigenvalue weighted by Crippen LogP contribution is -2.33. The highest BCUT2D eigenvalue weighted by Gasteiger charge is 2.25. The minimum atomic E-state index is 0.609. The SMILES string of the molecule is COCCNCc1c(N(C)C2CCSC2)nc2sccn12. The zero-order valence-corrected chi connectivity index (χ0v) is 14.2. The molecule has 1 fully saturated rings. The monoisotopic (exact) mass is 326 g/mol. The molecule has 0 aromatic carbocycles. The lowest BCUT2D eigenvalue weighted by molar-refractivity contribution is 0.199. The fourth-order valence-electron chi connectivity index (χ4n) is 2.65. The maximum absolute atomic E-state index is 5.10. The Hall–Kier alpha value is -0.760. The van der Waals surface area contributed by atoms with Gasteiger partial charge in [0, 0.05) is 50.6 Å². The van der Waals surface area contributed by atoms with Crippen molar-refractivity contribution in [2.24, 2.45) is 0 Å². The molecule has 0 radical (unpaired) electrons. The van der Waals surface area contributed by atoms with Crippen molar-refractivity contribution >= 4 is 33.9 Å². The molecule has 0 saturated carbocycles. The molecule has 1 aliphatic rings. The molecule has 116 valence electrons. The van der Waals surface area contributed by atoms with E-state index in [1.54, 1.807) is 18.4 Å². The summed E-state index contributed by atoms with van der Waals surface area (Å²) in [5.41, 5.74) is 1.25. The quantitative estimate of drug-likeness (QED) is 0.789. The van der Waals surface area contributed by atoms with E-state index in [-0.39, 0.29) is 0 Å². The van der Waals surface area contributed by atoms with Crippen LogP contribution in [-0.2, 0) is 11.3 Å². The molecule has 3 rings (SSSR count). The zero-order chi connectivity index (χ0) is 14.7. The zero-order valence-electron chi connectivity index (χ0n) is 12.5. The smallest absolute Gasteiger partial charge is 0.195 e. The number of anilines is 1. The Morgan fingerprint density at radius 2 is 2.48 bits per heavy atom. The molecule has 0 spiro atoms. The van der Waals surface area contributed by atoms with Crippen LogP contribution in [0.1, 0.15) is 12.1 Å².